The molecule has 1 aliphatic heterocycles. The number of fused-ring (bicyclic) bond motifs is 1. The fraction of sp³-hybridized carbons (Fsp3) is 0.400. The van der Waals surface area contributed by atoms with Gasteiger partial charge < -0.3 is 14.6 Å². The topological polar surface area (TPSA) is 43.3 Å². The van der Waals surface area contributed by atoms with E-state index < -0.39 is 0 Å². The maximum atomic E-state index is 12.1. The molecule has 1 fully saturated rings. The number of hydrogen-bond donors (Lipinski definition) is 1. The van der Waals surface area contributed by atoms with Crippen molar-refractivity contribution in [2.45, 2.75) is 25.4 Å². The van der Waals surface area contributed by atoms with Crippen LogP contribution in [0, 0.1) is 0 Å². The van der Waals surface area contributed by atoms with Crippen molar-refractivity contribution in [1.82, 2.24) is 9.88 Å². The van der Waals surface area contributed by atoms with E-state index in [9.17, 15) is 4.79 Å². The Balaban J connectivity index is 1.67. The lowest BCUT2D eigenvalue weighted by Crippen LogP contribution is -2.40. The van der Waals surface area contributed by atoms with Gasteiger partial charge in [0, 0.05) is 41.4 Å². The van der Waals surface area contributed by atoms with Gasteiger partial charge in [-0.1, -0.05) is 11.6 Å². The molecule has 1 N–H and O–H groups in total. The molecule has 0 atom stereocenters. The third-order valence-electron chi connectivity index (χ3n) is 3.63. The predicted octanol–water partition coefficient (Wildman–Crippen LogP) is 2.59. The highest BCUT2D eigenvalue weighted by atomic mass is 35.5. The van der Waals surface area contributed by atoms with Crippen LogP contribution >= 0.6 is 11.6 Å². The number of rotatable bonds is 3. The van der Waals surface area contributed by atoms with Gasteiger partial charge in [0.2, 0.25) is 5.91 Å². The molecule has 1 aliphatic rings. The number of carbonyl (C=O) groups excluding carboxylic acids is 1. The quantitative estimate of drug-likeness (QED) is 0.945. The average molecular weight is 293 g/mol. The number of carbonyl (C=O) groups is 1. The van der Waals surface area contributed by atoms with Gasteiger partial charge in [-0.25, -0.2) is 0 Å². The number of halogens is 1. The van der Waals surface area contributed by atoms with Crippen LogP contribution in [-0.2, 0) is 16.1 Å². The first kappa shape index (κ1) is 13.5. The van der Waals surface area contributed by atoms with Gasteiger partial charge in [-0.3, -0.25) is 4.79 Å². The van der Waals surface area contributed by atoms with E-state index in [0.29, 0.717) is 11.6 Å². The Hall–Kier alpha value is -1.52. The predicted molar refractivity (Wildman–Crippen MR) is 78.9 cm³/mol. The van der Waals surface area contributed by atoms with Gasteiger partial charge in [0.1, 0.15) is 6.54 Å². The molecule has 0 saturated carbocycles. The number of aromatic nitrogens is 1. The van der Waals surface area contributed by atoms with E-state index in [2.05, 4.69) is 5.32 Å². The second-order valence-corrected chi connectivity index (χ2v) is 5.54. The van der Waals surface area contributed by atoms with Gasteiger partial charge in [0.15, 0.2) is 0 Å². The zero-order valence-corrected chi connectivity index (χ0v) is 11.9. The normalized spacial score (nSPS) is 16.4. The van der Waals surface area contributed by atoms with Crippen LogP contribution in [0.25, 0.3) is 10.9 Å². The zero-order chi connectivity index (χ0) is 13.9. The summed E-state index contributed by atoms with van der Waals surface area (Å²) in [4.78, 5) is 12.1. The Labute approximate surface area is 122 Å². The van der Waals surface area contributed by atoms with Gasteiger partial charge in [-0.15, -0.1) is 0 Å². The Morgan fingerprint density at radius 1 is 1.35 bits per heavy atom. The molecule has 5 heteroatoms. The minimum atomic E-state index is 0.0457. The molecule has 106 valence electrons. The minimum absolute atomic E-state index is 0.0457. The van der Waals surface area contributed by atoms with Crippen LogP contribution in [0.2, 0.25) is 5.02 Å². The van der Waals surface area contributed by atoms with Crippen molar-refractivity contribution in [3.05, 3.63) is 35.5 Å². The Morgan fingerprint density at radius 3 is 2.95 bits per heavy atom. The van der Waals surface area contributed by atoms with Crippen LogP contribution in [-0.4, -0.2) is 29.7 Å². The molecule has 1 saturated heterocycles. The lowest BCUT2D eigenvalue weighted by atomic mass is 10.1. The standard InChI is InChI=1S/C15H17ClN2O2/c16-12-1-2-14-11(9-12)3-6-18(14)10-15(19)17-13-4-7-20-8-5-13/h1-3,6,9,13H,4-5,7-8,10H2,(H,17,19). The summed E-state index contributed by atoms with van der Waals surface area (Å²) in [5.41, 5.74) is 1.02. The Morgan fingerprint density at radius 2 is 2.15 bits per heavy atom. The second-order valence-electron chi connectivity index (χ2n) is 5.10. The largest absolute Gasteiger partial charge is 0.381 e. The molecule has 3 rings (SSSR count). The van der Waals surface area contributed by atoms with Crippen LogP contribution in [0.1, 0.15) is 12.8 Å². The van der Waals surface area contributed by atoms with Gasteiger partial charge in [-0.05, 0) is 37.1 Å². The second kappa shape index (κ2) is 5.85. The highest BCUT2D eigenvalue weighted by Gasteiger charge is 2.16. The SMILES string of the molecule is O=C(Cn1ccc2cc(Cl)ccc21)NC1CCOCC1. The molecule has 20 heavy (non-hydrogen) atoms. The van der Waals surface area contributed by atoms with Gasteiger partial charge >= 0.3 is 0 Å². The number of benzene rings is 1. The molecule has 4 nitrogen and oxygen atoms in total. The molecule has 0 unspecified atom stereocenters. The van der Waals surface area contributed by atoms with Crippen LogP contribution in [0.3, 0.4) is 0 Å². The number of nitrogens with one attached hydrogen (secondary N) is 1. The first-order valence-corrected chi connectivity index (χ1v) is 7.22. The molecule has 0 radical (unpaired) electrons. The minimum Gasteiger partial charge on any atom is -0.381 e. The highest BCUT2D eigenvalue weighted by molar-refractivity contribution is 6.31. The summed E-state index contributed by atoms with van der Waals surface area (Å²) in [5, 5.41) is 4.83. The zero-order valence-electron chi connectivity index (χ0n) is 11.1. The van der Waals surface area contributed by atoms with E-state index in [0.717, 1.165) is 37.0 Å². The average Bonchev–Trinajstić information content (AvgIpc) is 2.82. The van der Waals surface area contributed by atoms with E-state index in [1.807, 2.05) is 35.0 Å². The summed E-state index contributed by atoms with van der Waals surface area (Å²) in [6.07, 6.45) is 3.71. The number of hydrogen-bond acceptors (Lipinski definition) is 2. The molecule has 0 aliphatic carbocycles. The molecule has 2 aromatic rings. The van der Waals surface area contributed by atoms with E-state index in [1.54, 1.807) is 0 Å². The molecule has 0 spiro atoms. The first-order valence-electron chi connectivity index (χ1n) is 6.84. The third-order valence-corrected chi connectivity index (χ3v) is 3.87. The monoisotopic (exact) mass is 292 g/mol. The maximum Gasteiger partial charge on any atom is 0.240 e. The number of nitrogens with zero attached hydrogens (tertiary/aromatic N) is 1. The summed E-state index contributed by atoms with van der Waals surface area (Å²) in [5.74, 6) is 0.0457. The van der Waals surface area contributed by atoms with E-state index in [4.69, 9.17) is 16.3 Å². The lowest BCUT2D eigenvalue weighted by molar-refractivity contribution is -0.122. The van der Waals surface area contributed by atoms with Crippen molar-refractivity contribution in [2.24, 2.45) is 0 Å². The van der Waals surface area contributed by atoms with Gasteiger partial charge in [0.05, 0.1) is 0 Å². The summed E-state index contributed by atoms with van der Waals surface area (Å²) in [6, 6.07) is 7.91. The van der Waals surface area contributed by atoms with Crippen molar-refractivity contribution in [3.8, 4) is 0 Å². The smallest absolute Gasteiger partial charge is 0.240 e. The fourth-order valence-electron chi connectivity index (χ4n) is 2.58. The molecule has 1 aromatic carbocycles. The van der Waals surface area contributed by atoms with E-state index in [1.165, 1.54) is 0 Å². The molecular weight excluding hydrogens is 276 g/mol. The lowest BCUT2D eigenvalue weighted by Gasteiger charge is -2.23. The van der Waals surface area contributed by atoms with Crippen LogP contribution < -0.4 is 5.32 Å². The Kier molecular flexibility index (Phi) is 3.94. The van der Waals surface area contributed by atoms with Crippen molar-refractivity contribution >= 4 is 28.4 Å². The number of amides is 1. The fourth-order valence-corrected chi connectivity index (χ4v) is 2.76. The van der Waals surface area contributed by atoms with Gasteiger partial charge in [-0.2, -0.15) is 0 Å². The molecular formula is C15H17ClN2O2. The number of ether oxygens (including phenoxy) is 1. The summed E-state index contributed by atoms with van der Waals surface area (Å²) in [6.45, 7) is 1.80. The van der Waals surface area contributed by atoms with Gasteiger partial charge in [0.25, 0.3) is 0 Å². The van der Waals surface area contributed by atoms with Crippen molar-refractivity contribution < 1.29 is 9.53 Å². The Bertz CT molecular complexity index is 617. The van der Waals surface area contributed by atoms with Crippen molar-refractivity contribution in [1.29, 1.82) is 0 Å². The van der Waals surface area contributed by atoms with E-state index >= 15 is 0 Å². The van der Waals surface area contributed by atoms with Crippen molar-refractivity contribution in [2.75, 3.05) is 13.2 Å². The summed E-state index contributed by atoms with van der Waals surface area (Å²) in [7, 11) is 0. The summed E-state index contributed by atoms with van der Waals surface area (Å²) >= 11 is 5.96. The van der Waals surface area contributed by atoms with Crippen LogP contribution in [0.15, 0.2) is 30.5 Å². The van der Waals surface area contributed by atoms with Crippen LogP contribution in [0.5, 0.6) is 0 Å². The van der Waals surface area contributed by atoms with Crippen LogP contribution in [0.4, 0.5) is 0 Å². The maximum absolute atomic E-state index is 12.1. The third kappa shape index (κ3) is 2.97. The molecule has 2 heterocycles. The summed E-state index contributed by atoms with van der Waals surface area (Å²) < 4.78 is 7.23. The van der Waals surface area contributed by atoms with Crippen molar-refractivity contribution in [3.63, 3.8) is 0 Å². The molecule has 1 amide bonds. The van der Waals surface area contributed by atoms with E-state index in [-0.39, 0.29) is 11.9 Å². The molecule has 0 bridgehead atoms. The molecule has 1 aromatic heterocycles. The first-order chi connectivity index (χ1) is 9.72. The highest BCUT2D eigenvalue weighted by Crippen LogP contribution is 2.20.